The topological polar surface area (TPSA) is 89.8 Å². The summed E-state index contributed by atoms with van der Waals surface area (Å²) in [5.74, 6) is -0.146. The molecule has 0 aliphatic heterocycles. The monoisotopic (exact) mass is 974 g/mol. The Morgan fingerprint density at radius 2 is 0.580 bits per heavy atom. The Morgan fingerprint density at radius 1 is 0.348 bits per heavy atom. The van der Waals surface area contributed by atoms with E-state index in [1.165, 1.54) is 302 Å². The predicted molar refractivity (Wildman–Crippen MR) is 305 cm³/mol. The minimum atomic E-state index is -1.16. The lowest BCUT2D eigenvalue weighted by Crippen LogP contribution is -2.50. The fraction of sp³-hybridized carbons (Fsp3) is 0.953. The van der Waals surface area contributed by atoms with Crippen LogP contribution in [0.3, 0.4) is 0 Å². The van der Waals surface area contributed by atoms with E-state index in [2.05, 4.69) is 31.3 Å². The van der Waals surface area contributed by atoms with E-state index in [-0.39, 0.29) is 12.5 Å². The lowest BCUT2D eigenvalue weighted by molar-refractivity contribution is -0.124. The number of carbonyl (C=O) groups is 1. The van der Waals surface area contributed by atoms with Crippen LogP contribution in [0.15, 0.2) is 12.2 Å². The molecule has 0 aliphatic carbocycles. The van der Waals surface area contributed by atoms with E-state index in [4.69, 9.17) is 0 Å². The van der Waals surface area contributed by atoms with Crippen LogP contribution in [-0.4, -0.2) is 46.1 Å². The van der Waals surface area contributed by atoms with Gasteiger partial charge in [-0.05, 0) is 38.5 Å². The van der Waals surface area contributed by atoms with E-state index in [1.807, 2.05) is 0 Å². The highest BCUT2D eigenvalue weighted by atomic mass is 16.3. The largest absolute Gasteiger partial charge is 0.394 e. The molecule has 69 heavy (non-hydrogen) atoms. The van der Waals surface area contributed by atoms with Crippen LogP contribution in [0, 0.1) is 0 Å². The minimum absolute atomic E-state index is 0.146. The Kier molecular flexibility index (Phi) is 58.9. The lowest BCUT2D eigenvalue weighted by Gasteiger charge is -2.26. The van der Waals surface area contributed by atoms with Gasteiger partial charge in [-0.25, -0.2) is 0 Å². The van der Waals surface area contributed by atoms with Gasteiger partial charge in [0.2, 0.25) is 5.91 Å². The molecule has 0 aromatic heterocycles. The van der Waals surface area contributed by atoms with Crippen molar-refractivity contribution in [2.75, 3.05) is 6.61 Å². The molecular weight excluding hydrogens is 847 g/mol. The molecule has 3 unspecified atom stereocenters. The Hall–Kier alpha value is -0.910. The van der Waals surface area contributed by atoms with Gasteiger partial charge < -0.3 is 20.6 Å². The van der Waals surface area contributed by atoms with Crippen molar-refractivity contribution in [3.05, 3.63) is 12.2 Å². The summed E-state index contributed by atoms with van der Waals surface area (Å²) in [4.78, 5) is 12.5. The van der Waals surface area contributed by atoms with Crippen LogP contribution in [0.25, 0.3) is 0 Å². The summed E-state index contributed by atoms with van der Waals surface area (Å²) < 4.78 is 0. The van der Waals surface area contributed by atoms with Crippen LogP contribution in [-0.2, 0) is 4.79 Å². The highest BCUT2D eigenvalue weighted by molar-refractivity contribution is 5.76. The molecule has 3 atom stereocenters. The molecule has 0 fully saturated rings. The van der Waals surface area contributed by atoms with Gasteiger partial charge in [0, 0.05) is 6.42 Å². The van der Waals surface area contributed by atoms with E-state index in [1.54, 1.807) is 0 Å². The number of amides is 1. The molecule has 5 heteroatoms. The second-order valence-electron chi connectivity index (χ2n) is 22.3. The Labute approximate surface area is 433 Å². The zero-order chi connectivity index (χ0) is 50.0. The standard InChI is InChI=1S/C64H127NO4/c1-3-5-7-9-11-13-15-17-19-21-22-23-24-25-26-27-28-29-30-31-32-33-34-35-36-37-38-39-40-41-42-43-45-47-49-51-53-55-57-59-63(68)65-61(60-66)64(69)62(67)58-56-54-52-50-48-46-44-20-18-16-14-12-10-8-6-4-2/h50,52,61-62,64,66-67,69H,3-49,51,53-60H2,1-2H3,(H,65,68)/b52-50+. The van der Waals surface area contributed by atoms with E-state index in [0.29, 0.717) is 12.8 Å². The average Bonchev–Trinajstić information content (AvgIpc) is 3.35. The van der Waals surface area contributed by atoms with E-state index >= 15 is 0 Å². The summed E-state index contributed by atoms with van der Waals surface area (Å²) >= 11 is 0. The number of hydrogen-bond acceptors (Lipinski definition) is 4. The van der Waals surface area contributed by atoms with E-state index < -0.39 is 18.2 Å². The molecule has 412 valence electrons. The number of rotatable bonds is 60. The summed E-state index contributed by atoms with van der Waals surface area (Å²) in [5, 5.41) is 33.7. The molecule has 0 saturated heterocycles. The first kappa shape index (κ1) is 68.1. The van der Waals surface area contributed by atoms with Gasteiger partial charge in [0.05, 0.1) is 18.8 Å². The smallest absolute Gasteiger partial charge is 0.220 e. The number of aliphatic hydroxyl groups is 3. The van der Waals surface area contributed by atoms with Gasteiger partial charge in [-0.3, -0.25) is 4.79 Å². The van der Waals surface area contributed by atoms with Crippen LogP contribution in [0.2, 0.25) is 0 Å². The van der Waals surface area contributed by atoms with Gasteiger partial charge in [0.15, 0.2) is 0 Å². The second kappa shape index (κ2) is 59.7. The number of carbonyl (C=O) groups excluding carboxylic acids is 1. The van der Waals surface area contributed by atoms with Gasteiger partial charge in [0.25, 0.3) is 0 Å². The van der Waals surface area contributed by atoms with Crippen LogP contribution < -0.4 is 5.32 Å². The molecular formula is C64H127NO4. The van der Waals surface area contributed by atoms with Crippen LogP contribution in [0.4, 0.5) is 0 Å². The SMILES string of the molecule is CCCCCCCCCCCCC/C=C/CCCC(O)C(O)C(CO)NC(=O)CCCCCCCCCCCCCCCCCCCCCCCCCCCCCCCCCCCCCCCCC. The van der Waals surface area contributed by atoms with Crippen molar-refractivity contribution < 1.29 is 20.1 Å². The summed E-state index contributed by atoms with van der Waals surface area (Å²) in [7, 11) is 0. The van der Waals surface area contributed by atoms with Crippen molar-refractivity contribution >= 4 is 5.91 Å². The van der Waals surface area contributed by atoms with Gasteiger partial charge >= 0.3 is 0 Å². The van der Waals surface area contributed by atoms with Crippen molar-refractivity contribution in [2.45, 2.75) is 385 Å². The van der Waals surface area contributed by atoms with Gasteiger partial charge in [-0.2, -0.15) is 0 Å². The molecule has 0 aromatic carbocycles. The molecule has 0 heterocycles. The van der Waals surface area contributed by atoms with E-state index in [9.17, 15) is 20.1 Å². The third-order valence-corrected chi connectivity index (χ3v) is 15.4. The van der Waals surface area contributed by atoms with Crippen molar-refractivity contribution in [1.29, 1.82) is 0 Å². The Balaban J connectivity index is 3.41. The Bertz CT molecular complexity index is 987. The normalized spacial score (nSPS) is 13.2. The van der Waals surface area contributed by atoms with Crippen molar-refractivity contribution in [3.63, 3.8) is 0 Å². The quantitative estimate of drug-likeness (QED) is 0.0361. The van der Waals surface area contributed by atoms with Crippen molar-refractivity contribution in [3.8, 4) is 0 Å². The number of aliphatic hydroxyl groups excluding tert-OH is 3. The third kappa shape index (κ3) is 54.7. The molecule has 0 bridgehead atoms. The number of allylic oxidation sites excluding steroid dienone is 2. The maximum atomic E-state index is 12.5. The zero-order valence-electron chi connectivity index (χ0n) is 47.2. The van der Waals surface area contributed by atoms with Crippen LogP contribution >= 0.6 is 0 Å². The average molecular weight is 975 g/mol. The third-order valence-electron chi connectivity index (χ3n) is 15.4. The van der Waals surface area contributed by atoms with Crippen LogP contribution in [0.1, 0.15) is 367 Å². The Morgan fingerprint density at radius 3 is 0.841 bits per heavy atom. The van der Waals surface area contributed by atoms with Gasteiger partial charge in [-0.1, -0.05) is 334 Å². The first-order chi connectivity index (χ1) is 34.1. The summed E-state index contributed by atoms with van der Waals surface area (Å²) in [6, 6.07) is -0.822. The maximum Gasteiger partial charge on any atom is 0.220 e. The van der Waals surface area contributed by atoms with Crippen molar-refractivity contribution in [1.82, 2.24) is 5.32 Å². The molecule has 5 nitrogen and oxygen atoms in total. The van der Waals surface area contributed by atoms with Crippen molar-refractivity contribution in [2.24, 2.45) is 0 Å². The zero-order valence-corrected chi connectivity index (χ0v) is 47.2. The first-order valence-electron chi connectivity index (χ1n) is 32.0. The van der Waals surface area contributed by atoms with Gasteiger partial charge in [-0.15, -0.1) is 0 Å². The number of unbranched alkanes of at least 4 members (excludes halogenated alkanes) is 50. The summed E-state index contributed by atoms with van der Waals surface area (Å²) in [5.41, 5.74) is 0. The van der Waals surface area contributed by atoms with Gasteiger partial charge in [0.1, 0.15) is 6.10 Å². The summed E-state index contributed by atoms with van der Waals surface area (Å²) in [6.07, 6.45) is 75.7. The molecule has 0 aliphatic rings. The summed E-state index contributed by atoms with van der Waals surface area (Å²) in [6.45, 7) is 4.21. The highest BCUT2D eigenvalue weighted by Gasteiger charge is 2.26. The maximum absolute atomic E-state index is 12.5. The molecule has 0 aromatic rings. The predicted octanol–water partition coefficient (Wildman–Crippen LogP) is 20.2. The minimum Gasteiger partial charge on any atom is -0.394 e. The molecule has 0 rings (SSSR count). The van der Waals surface area contributed by atoms with E-state index in [0.717, 1.165) is 38.5 Å². The molecule has 0 spiro atoms. The molecule has 0 saturated carbocycles. The van der Waals surface area contributed by atoms with Crippen LogP contribution in [0.5, 0.6) is 0 Å². The number of hydrogen-bond donors (Lipinski definition) is 4. The first-order valence-corrected chi connectivity index (χ1v) is 32.0. The highest BCUT2D eigenvalue weighted by Crippen LogP contribution is 2.19. The lowest BCUT2D eigenvalue weighted by atomic mass is 10.0. The molecule has 1 amide bonds. The second-order valence-corrected chi connectivity index (χ2v) is 22.3. The molecule has 4 N–H and O–H groups in total. The fourth-order valence-corrected chi connectivity index (χ4v) is 10.5. The number of nitrogens with one attached hydrogen (secondary N) is 1. The molecule has 0 radical (unpaired) electrons. The fourth-order valence-electron chi connectivity index (χ4n) is 10.5.